The Kier molecular flexibility index (Phi) is 6.92. The molecule has 212 valence electrons. The number of hydrogen-bond donors (Lipinski definition) is 3. The number of benzene rings is 5. The number of thiol groups is 1. The molecule has 1 aliphatic carbocycles. The first-order chi connectivity index (χ1) is 21.6. The van der Waals surface area contributed by atoms with E-state index in [0.29, 0.717) is 11.4 Å². The fourth-order valence-corrected chi connectivity index (χ4v) is 6.15. The van der Waals surface area contributed by atoms with Crippen LogP contribution in [0.2, 0.25) is 0 Å². The minimum absolute atomic E-state index is 0.235. The topological polar surface area (TPSA) is 81.7 Å². The van der Waals surface area contributed by atoms with Gasteiger partial charge in [-0.3, -0.25) is 5.41 Å². The number of rotatable bonds is 6. The van der Waals surface area contributed by atoms with Gasteiger partial charge in [-0.2, -0.15) is 0 Å². The molecule has 0 bridgehead atoms. The maximum absolute atomic E-state index is 11.5. The van der Waals surface area contributed by atoms with Gasteiger partial charge in [-0.1, -0.05) is 66.7 Å². The van der Waals surface area contributed by atoms with Crippen molar-refractivity contribution in [2.45, 2.75) is 0 Å². The highest BCUT2D eigenvalue weighted by molar-refractivity contribution is 7.79. The molecule has 0 fully saturated rings. The number of allylic oxidation sites excluding steroid dienone is 4. The first-order valence-electron chi connectivity index (χ1n) is 14.1. The van der Waals surface area contributed by atoms with Crippen molar-refractivity contribution in [3.63, 3.8) is 0 Å². The van der Waals surface area contributed by atoms with Crippen LogP contribution in [0.3, 0.4) is 0 Å². The predicted octanol–water partition coefficient (Wildman–Crippen LogP) is 8.91. The molecule has 0 spiro atoms. The number of para-hydroxylation sites is 3. The number of anilines is 2. The number of aromatic carboxylic acids is 1. The third-order valence-corrected chi connectivity index (χ3v) is 8.09. The lowest BCUT2D eigenvalue weighted by Crippen LogP contribution is -2.30. The minimum Gasteiger partial charge on any atom is -0.478 e. The molecule has 6 nitrogen and oxygen atoms in total. The third kappa shape index (κ3) is 4.51. The summed E-state index contributed by atoms with van der Waals surface area (Å²) in [4.78, 5) is 13.6. The van der Waals surface area contributed by atoms with Gasteiger partial charge in [0.05, 0.1) is 22.3 Å². The van der Waals surface area contributed by atoms with Crippen LogP contribution in [0.25, 0.3) is 33.1 Å². The lowest BCUT2D eigenvalue weighted by Gasteiger charge is -2.30. The van der Waals surface area contributed by atoms with Gasteiger partial charge in [0.15, 0.2) is 0 Å². The summed E-state index contributed by atoms with van der Waals surface area (Å²) in [6.45, 7) is 0. The molecule has 5 aromatic carbocycles. The van der Waals surface area contributed by atoms with E-state index in [1.807, 2.05) is 103 Å². The van der Waals surface area contributed by atoms with Crippen LogP contribution in [-0.4, -0.2) is 27.1 Å². The lowest BCUT2D eigenvalue weighted by molar-refractivity contribution is 0.0697. The zero-order chi connectivity index (χ0) is 30.2. The molecule has 1 heterocycles. The Morgan fingerprint density at radius 1 is 0.727 bits per heavy atom. The lowest BCUT2D eigenvalue weighted by atomic mass is 9.89. The molecule has 0 radical (unpaired) electrons. The second-order valence-corrected chi connectivity index (χ2v) is 10.6. The zero-order valence-electron chi connectivity index (χ0n) is 23.4. The first-order valence-corrected chi connectivity index (χ1v) is 14.5. The van der Waals surface area contributed by atoms with Gasteiger partial charge in [0.2, 0.25) is 0 Å². The van der Waals surface area contributed by atoms with Crippen LogP contribution in [-0.2, 0) is 0 Å². The maximum Gasteiger partial charge on any atom is 0.335 e. The molecule has 1 aromatic heterocycles. The van der Waals surface area contributed by atoms with Crippen LogP contribution >= 0.6 is 12.8 Å². The number of carboxylic acid groups (broad SMARTS) is 1. The van der Waals surface area contributed by atoms with Crippen LogP contribution in [0.1, 0.15) is 15.9 Å². The molecule has 6 aromatic rings. The number of carbonyl (C=O) groups is 1. The maximum atomic E-state index is 11.5. The molecule has 1 aliphatic rings. The number of nitrogens with zero attached hydrogens (tertiary/aromatic N) is 3. The van der Waals surface area contributed by atoms with Gasteiger partial charge >= 0.3 is 5.97 Å². The van der Waals surface area contributed by atoms with E-state index in [1.54, 1.807) is 12.1 Å². The summed E-state index contributed by atoms with van der Waals surface area (Å²) in [6.07, 6.45) is 3.99. The fraction of sp³-hybridized carbons (Fsp3) is 0. The molecule has 0 saturated heterocycles. The monoisotopic (exact) mass is 590 g/mol. The van der Waals surface area contributed by atoms with Crippen LogP contribution < -0.4 is 4.90 Å². The SMILES string of the molecule is N=C1C(N(c2ccccc2)c2ccccc2)=CC=C(c2cccc3c2c2ccccc2n3-c2ccc(C(=O)O)cc2)/C1=N/S. The van der Waals surface area contributed by atoms with Crippen molar-refractivity contribution < 1.29 is 9.90 Å². The molecule has 0 amide bonds. The molecule has 2 N–H and O–H groups in total. The van der Waals surface area contributed by atoms with Crippen molar-refractivity contribution in [1.29, 1.82) is 5.41 Å². The second-order valence-electron chi connectivity index (χ2n) is 10.4. The number of aromatic nitrogens is 1. The highest BCUT2D eigenvalue weighted by Gasteiger charge is 2.28. The summed E-state index contributed by atoms with van der Waals surface area (Å²) in [5.41, 5.74) is 8.05. The molecule has 0 saturated carbocycles. The van der Waals surface area contributed by atoms with Crippen molar-refractivity contribution in [3.8, 4) is 5.69 Å². The van der Waals surface area contributed by atoms with Crippen LogP contribution in [0, 0.1) is 5.41 Å². The van der Waals surface area contributed by atoms with Gasteiger partial charge < -0.3 is 14.6 Å². The van der Waals surface area contributed by atoms with Gasteiger partial charge in [0.1, 0.15) is 11.4 Å². The van der Waals surface area contributed by atoms with Gasteiger partial charge in [-0.05, 0) is 91.2 Å². The average molecular weight is 591 g/mol. The van der Waals surface area contributed by atoms with E-state index in [4.69, 9.17) is 0 Å². The zero-order valence-corrected chi connectivity index (χ0v) is 24.3. The number of nitrogens with one attached hydrogen (secondary N) is 1. The smallest absolute Gasteiger partial charge is 0.335 e. The van der Waals surface area contributed by atoms with Crippen molar-refractivity contribution in [2.75, 3.05) is 4.90 Å². The summed E-state index contributed by atoms with van der Waals surface area (Å²) in [5, 5.41) is 20.9. The first kappa shape index (κ1) is 27.2. The molecule has 7 rings (SSSR count). The van der Waals surface area contributed by atoms with Crippen molar-refractivity contribution >= 4 is 69.0 Å². The molecule has 7 heteroatoms. The molecule has 0 unspecified atom stereocenters. The van der Waals surface area contributed by atoms with Gasteiger partial charge in [-0.15, -0.1) is 0 Å². The Bertz CT molecular complexity index is 2120. The van der Waals surface area contributed by atoms with Crippen LogP contribution in [0.5, 0.6) is 0 Å². The largest absolute Gasteiger partial charge is 0.478 e. The molecule has 44 heavy (non-hydrogen) atoms. The van der Waals surface area contributed by atoms with Gasteiger partial charge in [-0.25, -0.2) is 9.19 Å². The summed E-state index contributed by atoms with van der Waals surface area (Å²) in [7, 11) is 0. The summed E-state index contributed by atoms with van der Waals surface area (Å²) in [5.74, 6) is -0.961. The number of hydrogen-bond acceptors (Lipinski definition) is 5. The molecule has 0 atom stereocenters. The quantitative estimate of drug-likeness (QED) is 0.134. The van der Waals surface area contributed by atoms with E-state index in [-0.39, 0.29) is 11.3 Å². The summed E-state index contributed by atoms with van der Waals surface area (Å²) >= 11 is 4.38. The molecular formula is C37H26N4O2S. The Hall–Kier alpha value is -5.66. The van der Waals surface area contributed by atoms with E-state index >= 15 is 0 Å². The van der Waals surface area contributed by atoms with E-state index < -0.39 is 5.97 Å². The van der Waals surface area contributed by atoms with Crippen molar-refractivity contribution in [3.05, 3.63) is 156 Å². The Labute approximate surface area is 259 Å². The Morgan fingerprint density at radius 3 is 1.98 bits per heavy atom. The average Bonchev–Trinajstić information content (AvgIpc) is 3.41. The summed E-state index contributed by atoms with van der Waals surface area (Å²) in [6, 6.07) is 41.2. The summed E-state index contributed by atoms with van der Waals surface area (Å²) < 4.78 is 6.51. The van der Waals surface area contributed by atoms with Crippen molar-refractivity contribution in [1.82, 2.24) is 4.57 Å². The van der Waals surface area contributed by atoms with Crippen molar-refractivity contribution in [2.24, 2.45) is 4.40 Å². The van der Waals surface area contributed by atoms with Crippen LogP contribution in [0.4, 0.5) is 11.4 Å². The van der Waals surface area contributed by atoms with E-state index in [1.165, 1.54) is 0 Å². The predicted molar refractivity (Wildman–Crippen MR) is 183 cm³/mol. The van der Waals surface area contributed by atoms with E-state index in [2.05, 4.69) is 50.9 Å². The number of carboxylic acids is 1. The molecule has 0 aliphatic heterocycles. The highest BCUT2D eigenvalue weighted by atomic mass is 32.1. The fourth-order valence-electron chi connectivity index (χ4n) is 5.94. The van der Waals surface area contributed by atoms with E-state index in [0.717, 1.165) is 50.0 Å². The Balaban J connectivity index is 1.44. The molecular weight excluding hydrogens is 565 g/mol. The minimum atomic E-state index is -0.961. The highest BCUT2D eigenvalue weighted by Crippen LogP contribution is 2.40. The number of fused-ring (bicyclic) bond motifs is 3. The Morgan fingerprint density at radius 2 is 1.34 bits per heavy atom. The van der Waals surface area contributed by atoms with E-state index in [9.17, 15) is 15.3 Å². The van der Waals surface area contributed by atoms with Gasteiger partial charge in [0, 0.05) is 33.4 Å². The normalized spacial score (nSPS) is 14.1. The standard InChI is InChI=1S/C37H26N4O2S/c38-35-33(40(25-10-3-1-4-11-25)26-12-5-2-6-13-26)23-22-29(36(35)39-44)28-15-9-17-32-34(28)30-14-7-8-16-31(30)41(32)27-20-18-24(19-21-27)37(42)43/h1-23,38,44H,(H,42,43)/b38-35?,39-36-. The second kappa shape index (κ2) is 11.2. The van der Waals surface area contributed by atoms with Crippen LogP contribution in [0.15, 0.2) is 150 Å². The van der Waals surface area contributed by atoms with Gasteiger partial charge in [0.25, 0.3) is 0 Å². The third-order valence-electron chi connectivity index (χ3n) is 7.89.